The Kier molecular flexibility index (Phi) is 8.07. The highest BCUT2D eigenvalue weighted by atomic mass is 19.2. The number of hydrogen-bond acceptors (Lipinski definition) is 1. The maximum Gasteiger partial charge on any atom is 0.159 e. The third-order valence-corrected chi connectivity index (χ3v) is 7.07. The van der Waals surface area contributed by atoms with Gasteiger partial charge in [0.25, 0.3) is 0 Å². The molecule has 1 aromatic rings. The Balaban J connectivity index is 1.28. The fourth-order valence-electron chi connectivity index (χ4n) is 5.27. The maximum atomic E-state index is 13.5. The van der Waals surface area contributed by atoms with Gasteiger partial charge in [-0.1, -0.05) is 37.8 Å². The Morgan fingerprint density at radius 1 is 0.857 bits per heavy atom. The van der Waals surface area contributed by atoms with Crippen molar-refractivity contribution in [3.63, 3.8) is 0 Å². The van der Waals surface area contributed by atoms with Gasteiger partial charge in [0.2, 0.25) is 0 Å². The second-order valence-electron chi connectivity index (χ2n) is 8.94. The fraction of sp³-hybridized carbons (Fsp3) is 0.640. The molecule has 0 aromatic heterocycles. The second kappa shape index (κ2) is 10.7. The van der Waals surface area contributed by atoms with Crippen LogP contribution in [0.15, 0.2) is 30.4 Å². The molecule has 0 atom stereocenters. The highest BCUT2D eigenvalue weighted by Crippen LogP contribution is 2.38. The van der Waals surface area contributed by atoms with E-state index in [1.54, 1.807) is 12.1 Å². The molecule has 3 rings (SSSR count). The monoisotopic (exact) mass is 385 g/mol. The molecule has 0 bridgehead atoms. The summed E-state index contributed by atoms with van der Waals surface area (Å²) in [5, 5.41) is 8.63. The minimum absolute atomic E-state index is 0.400. The van der Waals surface area contributed by atoms with E-state index in [4.69, 9.17) is 5.26 Å². The molecule has 0 amide bonds. The molecular formula is C25H33F2N. The molecule has 0 aliphatic heterocycles. The van der Waals surface area contributed by atoms with Crippen molar-refractivity contribution in [3.05, 3.63) is 47.5 Å². The number of halogens is 2. The first kappa shape index (κ1) is 21.0. The van der Waals surface area contributed by atoms with E-state index in [0.717, 1.165) is 30.2 Å². The minimum atomic E-state index is -0.746. The van der Waals surface area contributed by atoms with Crippen molar-refractivity contribution in [2.24, 2.45) is 17.8 Å². The molecule has 2 saturated carbocycles. The van der Waals surface area contributed by atoms with Crippen molar-refractivity contribution in [1.29, 1.82) is 5.26 Å². The van der Waals surface area contributed by atoms with E-state index in [1.165, 1.54) is 76.3 Å². The molecule has 0 radical (unpaired) electrons. The first-order valence-corrected chi connectivity index (χ1v) is 11.2. The zero-order valence-corrected chi connectivity index (χ0v) is 16.9. The van der Waals surface area contributed by atoms with Crippen LogP contribution >= 0.6 is 0 Å². The highest BCUT2D eigenvalue weighted by molar-refractivity contribution is 5.22. The van der Waals surface area contributed by atoms with Gasteiger partial charge in [0.1, 0.15) is 0 Å². The molecule has 1 nitrogen and oxygen atoms in total. The van der Waals surface area contributed by atoms with Gasteiger partial charge < -0.3 is 0 Å². The van der Waals surface area contributed by atoms with Crippen LogP contribution in [-0.4, -0.2) is 0 Å². The van der Waals surface area contributed by atoms with Crippen molar-refractivity contribution in [1.82, 2.24) is 0 Å². The van der Waals surface area contributed by atoms with Gasteiger partial charge >= 0.3 is 0 Å². The van der Waals surface area contributed by atoms with Gasteiger partial charge in [0.05, 0.1) is 6.07 Å². The summed E-state index contributed by atoms with van der Waals surface area (Å²) >= 11 is 0. The lowest BCUT2D eigenvalue weighted by atomic mass is 9.76. The maximum absolute atomic E-state index is 13.5. The number of benzene rings is 1. The third kappa shape index (κ3) is 6.16. The van der Waals surface area contributed by atoms with Gasteiger partial charge in [-0.3, -0.25) is 0 Å². The van der Waals surface area contributed by atoms with Crippen LogP contribution < -0.4 is 0 Å². The number of nitriles is 1. The molecule has 2 aliphatic carbocycles. The van der Waals surface area contributed by atoms with Crippen molar-refractivity contribution in [2.45, 2.75) is 83.0 Å². The van der Waals surface area contributed by atoms with Crippen molar-refractivity contribution < 1.29 is 8.78 Å². The van der Waals surface area contributed by atoms with Gasteiger partial charge in [-0.2, -0.15) is 5.26 Å². The molecular weight excluding hydrogens is 352 g/mol. The Hall–Kier alpha value is -1.69. The SMILES string of the molecule is N#C/C=C/C1CCC(CCCCC2CCC(c3ccc(F)c(F)c3)CC2)CC1. The van der Waals surface area contributed by atoms with Gasteiger partial charge in [-0.25, -0.2) is 8.78 Å². The quantitative estimate of drug-likeness (QED) is 0.349. The van der Waals surface area contributed by atoms with Crippen LogP contribution in [0.2, 0.25) is 0 Å². The number of hydrogen-bond donors (Lipinski definition) is 0. The van der Waals surface area contributed by atoms with Gasteiger partial charge in [-0.15, -0.1) is 0 Å². The molecule has 0 unspecified atom stereocenters. The van der Waals surface area contributed by atoms with E-state index >= 15 is 0 Å². The van der Waals surface area contributed by atoms with Crippen molar-refractivity contribution in [3.8, 4) is 6.07 Å². The van der Waals surface area contributed by atoms with Crippen LogP contribution in [-0.2, 0) is 0 Å². The minimum Gasteiger partial charge on any atom is -0.204 e. The summed E-state index contributed by atoms with van der Waals surface area (Å²) in [6, 6.07) is 6.52. The largest absolute Gasteiger partial charge is 0.204 e. The number of allylic oxidation sites excluding steroid dienone is 2. The summed E-state index contributed by atoms with van der Waals surface area (Å²) in [7, 11) is 0. The fourth-order valence-corrected chi connectivity index (χ4v) is 5.27. The van der Waals surface area contributed by atoms with Crippen LogP contribution in [0.4, 0.5) is 8.78 Å². The van der Waals surface area contributed by atoms with E-state index in [-0.39, 0.29) is 0 Å². The standard InChI is InChI=1S/C25H33F2N/c26-24-16-15-23(18-25(24)27)22-13-11-20(12-14-22)5-2-1-4-19-7-9-21(10-8-19)6-3-17-28/h3,6,15-16,18-22H,1-2,4-5,7-14H2/b6-3+. The molecule has 2 aliphatic rings. The van der Waals surface area contributed by atoms with E-state index in [1.807, 2.05) is 0 Å². The topological polar surface area (TPSA) is 23.8 Å². The molecule has 0 heterocycles. The Labute approximate surface area is 168 Å². The zero-order valence-electron chi connectivity index (χ0n) is 16.9. The predicted octanol–water partition coefficient (Wildman–Crippen LogP) is 7.69. The lowest BCUT2D eigenvalue weighted by Gasteiger charge is -2.29. The molecule has 0 N–H and O–H groups in total. The van der Waals surface area contributed by atoms with Crippen molar-refractivity contribution in [2.75, 3.05) is 0 Å². The Morgan fingerprint density at radius 2 is 1.46 bits per heavy atom. The van der Waals surface area contributed by atoms with Gasteiger partial charge in [-0.05, 0) is 92.7 Å². The molecule has 28 heavy (non-hydrogen) atoms. The molecule has 152 valence electrons. The predicted molar refractivity (Wildman–Crippen MR) is 110 cm³/mol. The summed E-state index contributed by atoms with van der Waals surface area (Å²) in [5.41, 5.74) is 0.970. The first-order valence-electron chi connectivity index (χ1n) is 11.2. The van der Waals surface area contributed by atoms with E-state index in [2.05, 4.69) is 12.1 Å². The van der Waals surface area contributed by atoms with Crippen LogP contribution in [0.1, 0.15) is 88.5 Å². The average molecular weight is 386 g/mol. The van der Waals surface area contributed by atoms with Crippen LogP contribution in [0.25, 0.3) is 0 Å². The first-order chi connectivity index (χ1) is 13.7. The highest BCUT2D eigenvalue weighted by Gasteiger charge is 2.23. The van der Waals surface area contributed by atoms with Crippen LogP contribution in [0, 0.1) is 40.7 Å². The molecule has 2 fully saturated rings. The lowest BCUT2D eigenvalue weighted by molar-refractivity contribution is 0.273. The van der Waals surface area contributed by atoms with Gasteiger partial charge in [0.15, 0.2) is 11.6 Å². The van der Waals surface area contributed by atoms with E-state index in [0.29, 0.717) is 11.8 Å². The number of rotatable bonds is 7. The molecule has 1 aromatic carbocycles. The summed E-state index contributed by atoms with van der Waals surface area (Å²) in [6.45, 7) is 0. The summed E-state index contributed by atoms with van der Waals surface area (Å²) in [5.74, 6) is 1.26. The number of unbranched alkanes of at least 4 members (excludes halogenated alkanes) is 1. The normalized spacial score (nSPS) is 28.3. The smallest absolute Gasteiger partial charge is 0.159 e. The molecule has 0 saturated heterocycles. The average Bonchev–Trinajstić information content (AvgIpc) is 2.73. The van der Waals surface area contributed by atoms with Crippen LogP contribution in [0.3, 0.4) is 0 Å². The van der Waals surface area contributed by atoms with E-state index in [9.17, 15) is 8.78 Å². The Morgan fingerprint density at radius 3 is 2.04 bits per heavy atom. The summed E-state index contributed by atoms with van der Waals surface area (Å²) in [6.07, 6.45) is 18.9. The number of nitrogens with zero attached hydrogens (tertiary/aromatic N) is 1. The lowest BCUT2D eigenvalue weighted by Crippen LogP contribution is -2.14. The molecule has 3 heteroatoms. The van der Waals surface area contributed by atoms with E-state index < -0.39 is 11.6 Å². The Bertz CT molecular complexity index is 674. The zero-order chi connectivity index (χ0) is 19.8. The summed E-state index contributed by atoms with van der Waals surface area (Å²) < 4.78 is 26.6. The summed E-state index contributed by atoms with van der Waals surface area (Å²) in [4.78, 5) is 0. The van der Waals surface area contributed by atoms with Gasteiger partial charge in [0, 0.05) is 6.08 Å². The third-order valence-electron chi connectivity index (χ3n) is 7.07. The van der Waals surface area contributed by atoms with Crippen molar-refractivity contribution >= 4 is 0 Å². The molecule has 0 spiro atoms. The second-order valence-corrected chi connectivity index (χ2v) is 8.94. The van der Waals surface area contributed by atoms with Crippen LogP contribution in [0.5, 0.6) is 0 Å².